The van der Waals surface area contributed by atoms with E-state index in [0.717, 1.165) is 24.6 Å². The smallest absolute Gasteiger partial charge is 0.251 e. The molecule has 0 unspecified atom stereocenters. The molecule has 1 aliphatic rings. The van der Waals surface area contributed by atoms with Gasteiger partial charge in [0.05, 0.1) is 13.1 Å². The highest BCUT2D eigenvalue weighted by Gasteiger charge is 2.22. The molecule has 29 heavy (non-hydrogen) atoms. The fraction of sp³-hybridized carbons (Fsp3) is 0.667. The van der Waals surface area contributed by atoms with E-state index in [1.165, 1.54) is 5.56 Å². The second-order valence-electron chi connectivity index (χ2n) is 8.20. The van der Waals surface area contributed by atoms with E-state index in [4.69, 9.17) is 4.74 Å². The highest BCUT2D eigenvalue weighted by Crippen LogP contribution is 2.30. The van der Waals surface area contributed by atoms with Gasteiger partial charge in [-0.15, -0.1) is 24.0 Å². The molecule has 0 atom stereocenters. The summed E-state index contributed by atoms with van der Waals surface area (Å²) in [7, 11) is 1.73. The SMILES string of the molecule is CN=C(NCCOc1ccccc1C(C)(C)C)NC1CCN(CC(F)F)CC1.I. The van der Waals surface area contributed by atoms with E-state index >= 15 is 0 Å². The number of rotatable bonds is 7. The average Bonchev–Trinajstić information content (AvgIpc) is 2.64. The number of para-hydroxylation sites is 1. The summed E-state index contributed by atoms with van der Waals surface area (Å²) < 4.78 is 30.9. The Morgan fingerprint density at radius 1 is 1.24 bits per heavy atom. The molecule has 1 aromatic carbocycles. The zero-order valence-corrected chi connectivity index (χ0v) is 20.2. The van der Waals surface area contributed by atoms with Gasteiger partial charge in [0.2, 0.25) is 0 Å². The molecule has 0 radical (unpaired) electrons. The van der Waals surface area contributed by atoms with Crippen LogP contribution in [-0.2, 0) is 5.41 Å². The molecule has 166 valence electrons. The van der Waals surface area contributed by atoms with E-state index in [1.54, 1.807) is 7.05 Å². The van der Waals surface area contributed by atoms with Crippen LogP contribution in [0, 0.1) is 0 Å². The van der Waals surface area contributed by atoms with Gasteiger partial charge in [-0.1, -0.05) is 39.0 Å². The van der Waals surface area contributed by atoms with Crippen LogP contribution in [-0.4, -0.2) is 63.2 Å². The van der Waals surface area contributed by atoms with Gasteiger partial charge in [0.1, 0.15) is 12.4 Å². The molecule has 1 aliphatic heterocycles. The van der Waals surface area contributed by atoms with E-state index in [0.29, 0.717) is 26.2 Å². The highest BCUT2D eigenvalue weighted by atomic mass is 127. The first-order valence-corrected chi connectivity index (χ1v) is 9.99. The number of likely N-dealkylation sites (tertiary alicyclic amines) is 1. The lowest BCUT2D eigenvalue weighted by Crippen LogP contribution is -2.49. The number of hydrogen-bond acceptors (Lipinski definition) is 3. The number of benzene rings is 1. The van der Waals surface area contributed by atoms with Gasteiger partial charge >= 0.3 is 0 Å². The molecule has 0 aromatic heterocycles. The Hall–Kier alpha value is -1.16. The average molecular weight is 524 g/mol. The standard InChI is InChI=1S/C21H34F2N4O.HI/c1-21(2,3)17-7-5-6-8-18(17)28-14-11-25-20(24-4)26-16-9-12-27(13-10-16)15-19(22)23;/h5-8,16,19H,9-15H2,1-4H3,(H2,24,25,26);1H. The summed E-state index contributed by atoms with van der Waals surface area (Å²) in [5.74, 6) is 1.63. The number of ether oxygens (including phenoxy) is 1. The number of nitrogens with one attached hydrogen (secondary N) is 2. The molecule has 5 nitrogen and oxygen atoms in total. The van der Waals surface area contributed by atoms with Crippen molar-refractivity contribution in [3.8, 4) is 5.75 Å². The van der Waals surface area contributed by atoms with Crippen LogP contribution in [0.1, 0.15) is 39.2 Å². The zero-order chi connectivity index (χ0) is 20.6. The Morgan fingerprint density at radius 3 is 2.48 bits per heavy atom. The van der Waals surface area contributed by atoms with Crippen molar-refractivity contribution in [1.29, 1.82) is 0 Å². The number of alkyl halides is 2. The summed E-state index contributed by atoms with van der Waals surface area (Å²) >= 11 is 0. The van der Waals surface area contributed by atoms with Crippen LogP contribution in [0.5, 0.6) is 5.75 Å². The first-order valence-electron chi connectivity index (χ1n) is 9.99. The summed E-state index contributed by atoms with van der Waals surface area (Å²) in [6.45, 7) is 8.91. The monoisotopic (exact) mass is 524 g/mol. The Bertz CT molecular complexity index is 629. The zero-order valence-electron chi connectivity index (χ0n) is 17.9. The van der Waals surface area contributed by atoms with Gasteiger partial charge in [0.25, 0.3) is 6.43 Å². The summed E-state index contributed by atoms with van der Waals surface area (Å²) in [5, 5.41) is 6.65. The summed E-state index contributed by atoms with van der Waals surface area (Å²) in [6, 6.07) is 8.37. The second kappa shape index (κ2) is 12.5. The maximum Gasteiger partial charge on any atom is 0.251 e. The molecule has 1 heterocycles. The van der Waals surface area contributed by atoms with Crippen molar-refractivity contribution < 1.29 is 13.5 Å². The van der Waals surface area contributed by atoms with Gasteiger partial charge in [-0.2, -0.15) is 0 Å². The van der Waals surface area contributed by atoms with E-state index in [9.17, 15) is 8.78 Å². The summed E-state index contributed by atoms with van der Waals surface area (Å²) in [6.07, 6.45) is -0.589. The van der Waals surface area contributed by atoms with Crippen LogP contribution in [0.3, 0.4) is 0 Å². The lowest BCUT2D eigenvalue weighted by atomic mass is 9.86. The Labute approximate surface area is 190 Å². The Balaban J connectivity index is 0.00000420. The van der Waals surface area contributed by atoms with E-state index < -0.39 is 6.43 Å². The first-order chi connectivity index (χ1) is 13.3. The predicted molar refractivity (Wildman–Crippen MR) is 126 cm³/mol. The van der Waals surface area contributed by atoms with E-state index in [-0.39, 0.29) is 42.0 Å². The topological polar surface area (TPSA) is 48.9 Å². The molecule has 0 bridgehead atoms. The number of halogens is 3. The number of piperidine rings is 1. The maximum atomic E-state index is 12.5. The molecular weight excluding hydrogens is 489 g/mol. The van der Waals surface area contributed by atoms with Gasteiger partial charge in [0, 0.05) is 26.2 Å². The maximum absolute atomic E-state index is 12.5. The summed E-state index contributed by atoms with van der Waals surface area (Å²) in [5.41, 5.74) is 1.22. The quantitative estimate of drug-likeness (QED) is 0.246. The van der Waals surface area contributed by atoms with Crippen molar-refractivity contribution in [2.24, 2.45) is 4.99 Å². The molecule has 1 aromatic rings. The highest BCUT2D eigenvalue weighted by molar-refractivity contribution is 14.0. The normalized spacial score (nSPS) is 16.4. The molecule has 0 saturated carbocycles. The van der Waals surface area contributed by atoms with Crippen molar-refractivity contribution in [2.45, 2.75) is 51.5 Å². The molecule has 2 rings (SSSR count). The number of hydrogen-bond donors (Lipinski definition) is 2. The Morgan fingerprint density at radius 2 is 1.90 bits per heavy atom. The Kier molecular flexibility index (Phi) is 11.2. The van der Waals surface area contributed by atoms with Crippen LogP contribution < -0.4 is 15.4 Å². The lowest BCUT2D eigenvalue weighted by Gasteiger charge is -2.32. The minimum absolute atomic E-state index is 0. The van der Waals surface area contributed by atoms with Crippen LogP contribution in [0.2, 0.25) is 0 Å². The minimum Gasteiger partial charge on any atom is -0.491 e. The lowest BCUT2D eigenvalue weighted by molar-refractivity contribution is 0.0744. The number of aliphatic imine (C=N–C) groups is 1. The molecule has 1 saturated heterocycles. The number of guanidine groups is 1. The van der Waals surface area contributed by atoms with Gasteiger partial charge in [-0.25, -0.2) is 8.78 Å². The third-order valence-corrected chi connectivity index (χ3v) is 4.90. The minimum atomic E-state index is -2.26. The third kappa shape index (κ3) is 9.02. The molecule has 0 spiro atoms. The van der Waals surface area contributed by atoms with Crippen molar-refractivity contribution in [3.05, 3.63) is 29.8 Å². The molecule has 8 heteroatoms. The second-order valence-corrected chi connectivity index (χ2v) is 8.20. The molecule has 0 amide bonds. The van der Waals surface area contributed by atoms with Gasteiger partial charge < -0.3 is 15.4 Å². The predicted octanol–water partition coefficient (Wildman–Crippen LogP) is 3.88. The fourth-order valence-corrected chi connectivity index (χ4v) is 3.39. The number of nitrogens with zero attached hydrogens (tertiary/aromatic N) is 2. The fourth-order valence-electron chi connectivity index (χ4n) is 3.39. The van der Waals surface area contributed by atoms with Crippen molar-refractivity contribution >= 4 is 29.9 Å². The van der Waals surface area contributed by atoms with Crippen LogP contribution in [0.4, 0.5) is 8.78 Å². The van der Waals surface area contributed by atoms with Crippen LogP contribution in [0.15, 0.2) is 29.3 Å². The van der Waals surface area contributed by atoms with Gasteiger partial charge in [-0.05, 0) is 29.9 Å². The molecule has 0 aliphatic carbocycles. The largest absolute Gasteiger partial charge is 0.491 e. The van der Waals surface area contributed by atoms with Crippen molar-refractivity contribution in [3.63, 3.8) is 0 Å². The van der Waals surface area contributed by atoms with Gasteiger partial charge in [-0.3, -0.25) is 9.89 Å². The third-order valence-electron chi connectivity index (χ3n) is 4.90. The molecule has 1 fully saturated rings. The van der Waals surface area contributed by atoms with E-state index in [1.807, 2.05) is 23.1 Å². The van der Waals surface area contributed by atoms with Crippen LogP contribution in [0.25, 0.3) is 0 Å². The van der Waals surface area contributed by atoms with Crippen LogP contribution >= 0.6 is 24.0 Å². The molecule has 2 N–H and O–H groups in total. The van der Waals surface area contributed by atoms with Crippen molar-refractivity contribution in [2.75, 3.05) is 39.8 Å². The molecular formula is C21H35F2IN4O. The van der Waals surface area contributed by atoms with E-state index in [2.05, 4.69) is 42.5 Å². The summed E-state index contributed by atoms with van der Waals surface area (Å²) in [4.78, 5) is 6.08. The first kappa shape index (κ1) is 25.9. The van der Waals surface area contributed by atoms with Crippen molar-refractivity contribution in [1.82, 2.24) is 15.5 Å². The van der Waals surface area contributed by atoms with Gasteiger partial charge in [0.15, 0.2) is 5.96 Å².